The van der Waals surface area contributed by atoms with Crippen molar-refractivity contribution in [2.75, 3.05) is 0 Å². The molecule has 0 bridgehead atoms. The fraction of sp³-hybridized carbons (Fsp3) is 0.0625. The highest BCUT2D eigenvalue weighted by atomic mass is 17.2. The van der Waals surface area contributed by atoms with E-state index in [4.69, 9.17) is 9.78 Å². The highest BCUT2D eigenvalue weighted by Gasteiger charge is 2.10. The van der Waals surface area contributed by atoms with Crippen LogP contribution in [0.2, 0.25) is 0 Å². The van der Waals surface area contributed by atoms with Crippen molar-refractivity contribution < 1.29 is 9.78 Å². The Morgan fingerprint density at radius 1 is 0.842 bits per heavy atom. The summed E-state index contributed by atoms with van der Waals surface area (Å²) in [4.78, 5) is 13.5. The van der Waals surface area contributed by atoms with Gasteiger partial charge < -0.3 is 4.89 Å². The molecule has 0 unspecified atom stereocenters. The third-order valence-electron chi connectivity index (χ3n) is 2.89. The lowest BCUT2D eigenvalue weighted by atomic mass is 10.2. The van der Waals surface area contributed by atoms with Gasteiger partial charge in [-0.2, -0.15) is 4.89 Å². The van der Waals surface area contributed by atoms with Gasteiger partial charge in [0.1, 0.15) is 6.61 Å². The molecule has 3 nitrogen and oxygen atoms in total. The van der Waals surface area contributed by atoms with Gasteiger partial charge >= 0.3 is 0 Å². The molecule has 1 aliphatic rings. The molecule has 2 heterocycles. The summed E-state index contributed by atoms with van der Waals surface area (Å²) in [6.45, 7) is 0.580. The van der Waals surface area contributed by atoms with Crippen molar-refractivity contribution in [2.24, 2.45) is 0 Å². The first-order valence-corrected chi connectivity index (χ1v) is 6.09. The molecule has 1 aromatic heterocycles. The molecule has 19 heavy (non-hydrogen) atoms. The van der Waals surface area contributed by atoms with Crippen molar-refractivity contribution in [2.45, 2.75) is 6.61 Å². The van der Waals surface area contributed by atoms with Crippen LogP contribution in [0.5, 0.6) is 5.75 Å². The Labute approximate surface area is 111 Å². The van der Waals surface area contributed by atoms with Gasteiger partial charge in [-0.25, -0.2) is 0 Å². The predicted octanol–water partition coefficient (Wildman–Crippen LogP) is 3.75. The van der Waals surface area contributed by atoms with Gasteiger partial charge in [-0.3, -0.25) is 4.98 Å². The van der Waals surface area contributed by atoms with Gasteiger partial charge in [0.05, 0.1) is 0 Å². The van der Waals surface area contributed by atoms with E-state index in [1.807, 2.05) is 54.9 Å². The minimum absolute atomic E-state index is 0.580. The summed E-state index contributed by atoms with van der Waals surface area (Å²) in [5, 5.41) is 2.45. The van der Waals surface area contributed by atoms with E-state index in [1.54, 1.807) is 0 Å². The summed E-state index contributed by atoms with van der Waals surface area (Å²) in [6.07, 6.45) is 3.68. The summed E-state index contributed by atoms with van der Waals surface area (Å²) >= 11 is 0. The number of fused-ring (bicyclic) bond motifs is 2. The number of benzene rings is 2. The van der Waals surface area contributed by atoms with Gasteiger partial charge in [-0.1, -0.05) is 42.5 Å². The monoisotopic (exact) mass is 251 g/mol. The van der Waals surface area contributed by atoms with E-state index in [-0.39, 0.29) is 0 Å². The number of para-hydroxylation sites is 1. The highest BCUT2D eigenvalue weighted by Crippen LogP contribution is 2.24. The van der Waals surface area contributed by atoms with Crippen LogP contribution in [0.15, 0.2) is 67.0 Å². The zero-order chi connectivity index (χ0) is 12.9. The largest absolute Gasteiger partial charge is 0.337 e. The summed E-state index contributed by atoms with van der Waals surface area (Å²) in [5.74, 6) is 0.845. The van der Waals surface area contributed by atoms with Crippen molar-refractivity contribution in [3.63, 3.8) is 0 Å². The first-order valence-electron chi connectivity index (χ1n) is 6.09. The first kappa shape index (κ1) is 11.7. The van der Waals surface area contributed by atoms with Gasteiger partial charge in [0.2, 0.25) is 0 Å². The third-order valence-corrected chi connectivity index (χ3v) is 2.89. The van der Waals surface area contributed by atoms with Crippen LogP contribution in [-0.4, -0.2) is 4.98 Å². The molecule has 0 spiro atoms. The molecule has 0 radical (unpaired) electrons. The Hall–Kier alpha value is -2.39. The lowest BCUT2D eigenvalue weighted by molar-refractivity contribution is -0.194. The maximum Gasteiger partial charge on any atom is 0.171 e. The zero-order valence-electron chi connectivity index (χ0n) is 10.3. The molecule has 0 saturated heterocycles. The minimum Gasteiger partial charge on any atom is -0.337 e. The number of hydrogen-bond donors (Lipinski definition) is 0. The molecule has 0 fully saturated rings. The molecule has 1 aliphatic heterocycles. The number of aromatic nitrogens is 1. The highest BCUT2D eigenvalue weighted by molar-refractivity contribution is 5.80. The summed E-state index contributed by atoms with van der Waals surface area (Å²) in [7, 11) is 0. The Morgan fingerprint density at radius 3 is 2.47 bits per heavy atom. The molecule has 0 aliphatic carbocycles. The molecule has 0 amide bonds. The fourth-order valence-corrected chi connectivity index (χ4v) is 1.89. The van der Waals surface area contributed by atoms with Gasteiger partial charge in [-0.05, 0) is 22.9 Å². The van der Waals surface area contributed by atoms with E-state index in [2.05, 4.69) is 17.1 Å². The van der Waals surface area contributed by atoms with Crippen LogP contribution >= 0.6 is 0 Å². The average Bonchev–Trinajstić information content (AvgIpc) is 2.96. The van der Waals surface area contributed by atoms with Gasteiger partial charge in [0.25, 0.3) is 0 Å². The standard InChI is InChI=1S/C9H7N.C7H6O2/c1-2-4-9-7-10-6-5-8(9)3-1;1-2-4-7-6(3-1)5-8-9-7/h1-7H;1-4H,5H2. The number of nitrogens with zero attached hydrogens (tertiary/aromatic N) is 1. The van der Waals surface area contributed by atoms with Crippen LogP contribution in [0, 0.1) is 0 Å². The summed E-state index contributed by atoms with van der Waals surface area (Å²) in [5.41, 5.74) is 1.12. The van der Waals surface area contributed by atoms with Crippen LogP contribution < -0.4 is 4.89 Å². The molecule has 0 N–H and O–H groups in total. The second-order valence-corrected chi connectivity index (χ2v) is 4.18. The van der Waals surface area contributed by atoms with Crippen LogP contribution in [0.4, 0.5) is 0 Å². The van der Waals surface area contributed by atoms with E-state index in [0.29, 0.717) is 6.61 Å². The SMILES string of the molecule is c1ccc2c(c1)COO2.c1ccc2cnccc2c1. The Bertz CT molecular complexity index is 594. The Morgan fingerprint density at radius 2 is 1.63 bits per heavy atom. The van der Waals surface area contributed by atoms with Crippen molar-refractivity contribution in [3.8, 4) is 5.75 Å². The van der Waals surface area contributed by atoms with E-state index >= 15 is 0 Å². The van der Waals surface area contributed by atoms with Crippen molar-refractivity contribution in [1.29, 1.82) is 0 Å². The smallest absolute Gasteiger partial charge is 0.171 e. The van der Waals surface area contributed by atoms with E-state index < -0.39 is 0 Å². The maximum atomic E-state index is 4.80. The van der Waals surface area contributed by atoms with Crippen LogP contribution in [0.1, 0.15) is 5.56 Å². The second kappa shape index (κ2) is 5.50. The molecule has 2 aromatic carbocycles. The number of pyridine rings is 1. The number of hydrogen-bond acceptors (Lipinski definition) is 3. The van der Waals surface area contributed by atoms with E-state index in [1.165, 1.54) is 10.8 Å². The molecule has 0 atom stereocenters. The normalized spacial score (nSPS) is 12.2. The van der Waals surface area contributed by atoms with Crippen molar-refractivity contribution >= 4 is 10.8 Å². The van der Waals surface area contributed by atoms with Gasteiger partial charge in [0, 0.05) is 18.0 Å². The third kappa shape index (κ3) is 2.72. The fourth-order valence-electron chi connectivity index (χ4n) is 1.89. The topological polar surface area (TPSA) is 31.4 Å². The van der Waals surface area contributed by atoms with E-state index in [9.17, 15) is 0 Å². The average molecular weight is 251 g/mol. The lowest BCUT2D eigenvalue weighted by Gasteiger charge is -1.91. The maximum absolute atomic E-state index is 4.80. The molecule has 0 saturated carbocycles. The molecule has 3 heteroatoms. The molecule has 94 valence electrons. The first-order chi connectivity index (χ1) is 9.43. The Balaban J connectivity index is 0.000000117. The van der Waals surface area contributed by atoms with Crippen molar-refractivity contribution in [1.82, 2.24) is 4.98 Å². The minimum atomic E-state index is 0.580. The van der Waals surface area contributed by atoms with Crippen molar-refractivity contribution in [3.05, 3.63) is 72.6 Å². The molecular formula is C16H13NO2. The lowest BCUT2D eigenvalue weighted by Crippen LogP contribution is -1.80. The van der Waals surface area contributed by atoms with Crippen LogP contribution in [0.3, 0.4) is 0 Å². The predicted molar refractivity (Wildman–Crippen MR) is 73.6 cm³/mol. The summed E-state index contributed by atoms with van der Waals surface area (Å²) in [6, 6.07) is 18.0. The van der Waals surface area contributed by atoms with E-state index in [0.717, 1.165) is 11.3 Å². The quantitative estimate of drug-likeness (QED) is 0.570. The van der Waals surface area contributed by atoms with Crippen LogP contribution in [-0.2, 0) is 11.5 Å². The van der Waals surface area contributed by atoms with Gasteiger partial charge in [-0.15, -0.1) is 0 Å². The zero-order valence-corrected chi connectivity index (χ0v) is 10.3. The summed E-state index contributed by atoms with van der Waals surface area (Å²) < 4.78 is 0. The molecular weight excluding hydrogens is 238 g/mol. The molecule has 4 rings (SSSR count). The molecule has 3 aromatic rings. The van der Waals surface area contributed by atoms with Crippen LogP contribution in [0.25, 0.3) is 10.8 Å². The number of rotatable bonds is 0. The Kier molecular flexibility index (Phi) is 3.38. The second-order valence-electron chi connectivity index (χ2n) is 4.18. The van der Waals surface area contributed by atoms with Gasteiger partial charge in [0.15, 0.2) is 5.75 Å².